The Hall–Kier alpha value is -0.446. The molecule has 0 amide bonds. The summed E-state index contributed by atoms with van der Waals surface area (Å²) in [6, 6.07) is 0. The minimum absolute atomic E-state index is 0.262. The van der Waals surface area contributed by atoms with Crippen LogP contribution in [0.4, 0.5) is 35.1 Å². The number of alkyl halides is 8. The van der Waals surface area contributed by atoms with Crippen molar-refractivity contribution in [2.45, 2.75) is 96.3 Å². The summed E-state index contributed by atoms with van der Waals surface area (Å²) < 4.78 is 161. The molecule has 0 saturated carbocycles. The van der Waals surface area contributed by atoms with E-state index in [1.165, 1.54) is 41.5 Å². The highest BCUT2D eigenvalue weighted by Crippen LogP contribution is 2.67. The fourth-order valence-corrected chi connectivity index (χ4v) is 10.2. The Labute approximate surface area is 225 Å². The molecular weight excluding hydrogens is 588 g/mol. The minimum Gasteiger partial charge on any atom is -0.373 e. The molecule has 0 radical (unpaired) electrons. The van der Waals surface area contributed by atoms with Gasteiger partial charge in [0.05, 0.1) is 11.1 Å². The molecule has 0 spiro atoms. The molecule has 39 heavy (non-hydrogen) atoms. The van der Waals surface area contributed by atoms with Gasteiger partial charge in [0.15, 0.2) is 0 Å². The predicted octanol–water partition coefficient (Wildman–Crippen LogP) is 6.06. The molecule has 0 aromatic heterocycles. The number of rotatable bonds is 16. The molecule has 1 aliphatic rings. The van der Waals surface area contributed by atoms with Crippen molar-refractivity contribution in [1.82, 2.24) is 0 Å². The van der Waals surface area contributed by atoms with Crippen LogP contribution in [0.1, 0.15) is 55.4 Å². The van der Waals surface area contributed by atoms with Crippen LogP contribution in [0.5, 0.6) is 0 Å². The summed E-state index contributed by atoms with van der Waals surface area (Å²) in [6.45, 7) is 8.42. The highest BCUT2D eigenvalue weighted by atomic mass is 28.4. The molecule has 234 valence electrons. The molecule has 4 unspecified atom stereocenters. The van der Waals surface area contributed by atoms with Crippen molar-refractivity contribution in [3.05, 3.63) is 0 Å². The van der Waals surface area contributed by atoms with E-state index >= 15 is 8.78 Å². The second-order valence-electron chi connectivity index (χ2n) is 8.35. The minimum atomic E-state index is -6.49. The first-order valence-corrected chi connectivity index (χ1v) is 16.2. The molecule has 1 saturated heterocycles. The zero-order chi connectivity index (χ0) is 30.6. The lowest BCUT2D eigenvalue weighted by Gasteiger charge is -2.45. The van der Waals surface area contributed by atoms with Crippen molar-refractivity contribution in [3.63, 3.8) is 0 Å². The van der Waals surface area contributed by atoms with E-state index in [1.54, 1.807) is 0 Å². The van der Waals surface area contributed by atoms with E-state index in [0.29, 0.717) is 0 Å². The van der Waals surface area contributed by atoms with E-state index in [1.807, 2.05) is 0 Å². The molecule has 0 aromatic rings. The van der Waals surface area contributed by atoms with E-state index in [4.69, 9.17) is 26.6 Å². The SMILES string of the molecule is CCO[Si](OCC)(OCC)C(C)C1(F)OC(C(F)(F)F)(C(F)(F)F)OC1(F)C(C)[Si](OCC)(OCC)OCC. The molecular formula is C21H38F8O8Si2. The maximum absolute atomic E-state index is 17.2. The van der Waals surface area contributed by atoms with E-state index in [2.05, 4.69) is 9.47 Å². The quantitative estimate of drug-likeness (QED) is 0.151. The average Bonchev–Trinajstić information content (AvgIpc) is 3.09. The van der Waals surface area contributed by atoms with Gasteiger partial charge in [-0.25, -0.2) is 8.78 Å². The molecule has 1 fully saturated rings. The van der Waals surface area contributed by atoms with Crippen LogP contribution in [0.15, 0.2) is 0 Å². The normalized spacial score (nSPS) is 26.2. The van der Waals surface area contributed by atoms with Crippen LogP contribution >= 0.6 is 0 Å². The van der Waals surface area contributed by atoms with Crippen molar-refractivity contribution >= 4 is 17.6 Å². The van der Waals surface area contributed by atoms with E-state index in [0.717, 1.165) is 13.8 Å². The highest BCUT2D eigenvalue weighted by molar-refractivity contribution is 6.63. The third kappa shape index (κ3) is 6.34. The van der Waals surface area contributed by atoms with Crippen molar-refractivity contribution in [2.24, 2.45) is 0 Å². The average molecular weight is 627 g/mol. The third-order valence-electron chi connectivity index (χ3n) is 6.04. The zero-order valence-corrected chi connectivity index (χ0v) is 25.2. The Morgan fingerprint density at radius 2 is 0.744 bits per heavy atom. The van der Waals surface area contributed by atoms with Crippen LogP contribution in [0.3, 0.4) is 0 Å². The number of halogens is 8. The van der Waals surface area contributed by atoms with Crippen molar-refractivity contribution < 1.29 is 71.2 Å². The van der Waals surface area contributed by atoms with Gasteiger partial charge in [-0.2, -0.15) is 26.3 Å². The Kier molecular flexibility index (Phi) is 12.4. The molecule has 0 bridgehead atoms. The Morgan fingerprint density at radius 3 is 0.897 bits per heavy atom. The van der Waals surface area contributed by atoms with Gasteiger partial charge in [-0.1, -0.05) is 13.8 Å². The topological polar surface area (TPSA) is 73.8 Å². The molecule has 8 nitrogen and oxygen atoms in total. The van der Waals surface area contributed by atoms with Crippen LogP contribution in [-0.4, -0.2) is 87.1 Å². The zero-order valence-electron chi connectivity index (χ0n) is 23.2. The fraction of sp³-hybridized carbons (Fsp3) is 1.00. The van der Waals surface area contributed by atoms with Crippen LogP contribution in [0, 0.1) is 0 Å². The van der Waals surface area contributed by atoms with E-state index in [-0.39, 0.29) is 39.6 Å². The Morgan fingerprint density at radius 1 is 0.538 bits per heavy atom. The first-order valence-electron chi connectivity index (χ1n) is 12.6. The summed E-state index contributed by atoms with van der Waals surface area (Å²) in [5.74, 6) is -14.8. The first-order chi connectivity index (χ1) is 17.8. The number of ether oxygens (including phenoxy) is 2. The number of hydrogen-bond donors (Lipinski definition) is 0. The van der Waals surface area contributed by atoms with E-state index in [9.17, 15) is 26.3 Å². The van der Waals surface area contributed by atoms with Crippen molar-refractivity contribution in [1.29, 1.82) is 0 Å². The molecule has 1 heterocycles. The maximum Gasteiger partial charge on any atom is 0.510 e. The Balaban J connectivity index is 4.14. The largest absolute Gasteiger partial charge is 0.510 e. The molecule has 1 aliphatic heterocycles. The second-order valence-corrected chi connectivity index (χ2v) is 14.2. The van der Waals surface area contributed by atoms with Gasteiger partial charge in [-0.15, -0.1) is 0 Å². The van der Waals surface area contributed by atoms with Crippen LogP contribution in [0.2, 0.25) is 11.1 Å². The second kappa shape index (κ2) is 13.2. The summed E-state index contributed by atoms with van der Waals surface area (Å²) in [6.07, 6.45) is -13.0. The van der Waals surface area contributed by atoms with Crippen LogP contribution in [-0.2, 0) is 36.0 Å². The lowest BCUT2D eigenvalue weighted by Crippen LogP contribution is -2.66. The van der Waals surface area contributed by atoms with Gasteiger partial charge >= 0.3 is 35.7 Å². The summed E-state index contributed by atoms with van der Waals surface area (Å²) in [4.78, 5) is 0. The smallest absolute Gasteiger partial charge is 0.373 e. The summed E-state index contributed by atoms with van der Waals surface area (Å²) in [5.41, 5.74) is -4.67. The molecule has 18 heteroatoms. The monoisotopic (exact) mass is 626 g/mol. The summed E-state index contributed by atoms with van der Waals surface area (Å²) in [7, 11) is -9.26. The first kappa shape index (κ1) is 36.6. The molecule has 0 N–H and O–H groups in total. The highest BCUT2D eigenvalue weighted by Gasteiger charge is 2.90. The van der Waals surface area contributed by atoms with Gasteiger partial charge < -0.3 is 26.6 Å². The standard InChI is InChI=1S/C21H38F8O8Si2/c1-9-30-38(31-10-2,32-11-3)15(7)17(22)18(23,16(8)39(33-12-4,34-13-5)35-14-6)37-19(36-17,20(24,25)26)21(27,28)29/h15-16H,9-14H2,1-8H3. The Bertz CT molecular complexity index is 681. The van der Waals surface area contributed by atoms with Crippen LogP contribution in [0.25, 0.3) is 0 Å². The van der Waals surface area contributed by atoms with E-state index < -0.39 is 58.5 Å². The fourth-order valence-electron chi connectivity index (χ4n) is 4.40. The molecule has 4 atom stereocenters. The van der Waals surface area contributed by atoms with Gasteiger partial charge in [0, 0.05) is 39.6 Å². The molecule has 1 rings (SSSR count). The number of hydrogen-bond acceptors (Lipinski definition) is 8. The predicted molar refractivity (Wildman–Crippen MR) is 125 cm³/mol. The van der Waals surface area contributed by atoms with Gasteiger partial charge in [-0.05, 0) is 41.5 Å². The lowest BCUT2D eigenvalue weighted by molar-refractivity contribution is -0.459. The van der Waals surface area contributed by atoms with Crippen molar-refractivity contribution in [3.8, 4) is 0 Å². The van der Waals surface area contributed by atoms with Gasteiger partial charge in [0.2, 0.25) is 0 Å². The van der Waals surface area contributed by atoms with Crippen molar-refractivity contribution in [2.75, 3.05) is 39.6 Å². The maximum atomic E-state index is 17.2. The molecule has 0 aliphatic carbocycles. The van der Waals surface area contributed by atoms with Crippen LogP contribution < -0.4 is 0 Å². The van der Waals surface area contributed by atoms with Gasteiger partial charge in [0.25, 0.3) is 11.7 Å². The van der Waals surface area contributed by atoms with Gasteiger partial charge in [-0.3, -0.25) is 9.47 Å². The lowest BCUT2D eigenvalue weighted by atomic mass is 10.0. The van der Waals surface area contributed by atoms with Gasteiger partial charge in [0.1, 0.15) is 0 Å². The summed E-state index contributed by atoms with van der Waals surface area (Å²) >= 11 is 0. The summed E-state index contributed by atoms with van der Waals surface area (Å²) in [5, 5.41) is 0. The molecule has 0 aromatic carbocycles. The third-order valence-corrected chi connectivity index (χ3v) is 13.1.